The Labute approximate surface area is 136 Å². The molecule has 1 unspecified atom stereocenters. The third kappa shape index (κ3) is 4.18. The lowest BCUT2D eigenvalue weighted by molar-refractivity contribution is 0.518. The second-order valence-electron chi connectivity index (χ2n) is 5.76. The van der Waals surface area contributed by atoms with E-state index in [-0.39, 0.29) is 0 Å². The maximum Gasteiger partial charge on any atom is 0.0320 e. The molecule has 0 aliphatic heterocycles. The first-order valence-corrected chi connectivity index (χ1v) is 8.36. The van der Waals surface area contributed by atoms with E-state index in [1.807, 2.05) is 0 Å². The molecule has 0 saturated heterocycles. The molecular formula is C19H24BrN. The van der Waals surface area contributed by atoms with Gasteiger partial charge in [0.15, 0.2) is 0 Å². The number of aryl methyl sites for hydroxylation is 3. The summed E-state index contributed by atoms with van der Waals surface area (Å²) < 4.78 is 1.13. The van der Waals surface area contributed by atoms with Crippen molar-refractivity contribution >= 4 is 15.9 Å². The van der Waals surface area contributed by atoms with Crippen LogP contribution >= 0.6 is 15.9 Å². The largest absolute Gasteiger partial charge is 0.306 e. The topological polar surface area (TPSA) is 12.0 Å². The van der Waals surface area contributed by atoms with Gasteiger partial charge < -0.3 is 5.32 Å². The van der Waals surface area contributed by atoms with E-state index in [1.165, 1.54) is 27.8 Å². The molecular weight excluding hydrogens is 322 g/mol. The molecule has 112 valence electrons. The standard InChI is InChI=1S/C19H24BrN/c1-5-19(16-6-8-18(20)9-7-16)21-12-17-11-14(3)13(2)10-15(17)4/h6-11,19,21H,5,12H2,1-4H3. The van der Waals surface area contributed by atoms with E-state index in [1.54, 1.807) is 0 Å². The summed E-state index contributed by atoms with van der Waals surface area (Å²) in [5.41, 5.74) is 6.86. The first kappa shape index (κ1) is 16.3. The summed E-state index contributed by atoms with van der Waals surface area (Å²) >= 11 is 3.50. The highest BCUT2D eigenvalue weighted by molar-refractivity contribution is 9.10. The Morgan fingerprint density at radius 2 is 1.57 bits per heavy atom. The van der Waals surface area contributed by atoms with Gasteiger partial charge in [0.2, 0.25) is 0 Å². The smallest absolute Gasteiger partial charge is 0.0320 e. The first-order chi connectivity index (χ1) is 10.0. The molecule has 0 saturated carbocycles. The molecule has 0 radical (unpaired) electrons. The van der Waals surface area contributed by atoms with Gasteiger partial charge in [-0.15, -0.1) is 0 Å². The average molecular weight is 346 g/mol. The molecule has 0 spiro atoms. The molecule has 0 aliphatic carbocycles. The van der Waals surface area contributed by atoms with E-state index in [4.69, 9.17) is 0 Å². The van der Waals surface area contributed by atoms with E-state index < -0.39 is 0 Å². The molecule has 0 aliphatic rings. The van der Waals surface area contributed by atoms with Gasteiger partial charge in [0.1, 0.15) is 0 Å². The SMILES string of the molecule is CCC(NCc1cc(C)c(C)cc1C)c1ccc(Br)cc1. The lowest BCUT2D eigenvalue weighted by Gasteiger charge is -2.19. The van der Waals surface area contributed by atoms with E-state index in [2.05, 4.69) is 85.3 Å². The zero-order valence-electron chi connectivity index (χ0n) is 13.3. The van der Waals surface area contributed by atoms with Crippen molar-refractivity contribution in [2.24, 2.45) is 0 Å². The first-order valence-electron chi connectivity index (χ1n) is 7.56. The molecule has 1 N–H and O–H groups in total. The summed E-state index contributed by atoms with van der Waals surface area (Å²) in [6, 6.07) is 13.6. The zero-order chi connectivity index (χ0) is 15.4. The van der Waals surface area contributed by atoms with Crippen LogP contribution in [0.25, 0.3) is 0 Å². The second kappa shape index (κ2) is 7.24. The van der Waals surface area contributed by atoms with Crippen LogP contribution in [-0.2, 0) is 6.54 Å². The molecule has 0 fully saturated rings. The summed E-state index contributed by atoms with van der Waals surface area (Å²) in [6.45, 7) is 9.71. The van der Waals surface area contributed by atoms with Gasteiger partial charge in [0, 0.05) is 17.1 Å². The van der Waals surface area contributed by atoms with Crippen LogP contribution in [0.2, 0.25) is 0 Å². The Morgan fingerprint density at radius 3 is 2.19 bits per heavy atom. The highest BCUT2D eigenvalue weighted by atomic mass is 79.9. The zero-order valence-corrected chi connectivity index (χ0v) is 14.9. The third-order valence-electron chi connectivity index (χ3n) is 4.17. The van der Waals surface area contributed by atoms with E-state index in [0.717, 1.165) is 17.4 Å². The fraction of sp³-hybridized carbons (Fsp3) is 0.368. The third-order valence-corrected chi connectivity index (χ3v) is 4.70. The van der Waals surface area contributed by atoms with E-state index in [0.29, 0.717) is 6.04 Å². The predicted octanol–water partition coefficient (Wildman–Crippen LogP) is 5.62. The number of benzene rings is 2. The van der Waals surface area contributed by atoms with Crippen molar-refractivity contribution in [3.05, 3.63) is 68.7 Å². The molecule has 2 rings (SSSR count). The van der Waals surface area contributed by atoms with Crippen LogP contribution in [-0.4, -0.2) is 0 Å². The minimum absolute atomic E-state index is 0.402. The maximum atomic E-state index is 3.69. The number of rotatable bonds is 5. The average Bonchev–Trinajstić information content (AvgIpc) is 2.46. The molecule has 0 amide bonds. The maximum absolute atomic E-state index is 3.69. The lowest BCUT2D eigenvalue weighted by atomic mass is 9.99. The normalized spacial score (nSPS) is 12.4. The van der Waals surface area contributed by atoms with Crippen LogP contribution < -0.4 is 5.32 Å². The minimum atomic E-state index is 0.402. The Balaban J connectivity index is 2.10. The fourth-order valence-electron chi connectivity index (χ4n) is 2.64. The molecule has 1 atom stereocenters. The van der Waals surface area contributed by atoms with Crippen molar-refractivity contribution in [1.82, 2.24) is 5.32 Å². The van der Waals surface area contributed by atoms with Crippen LogP contribution in [0, 0.1) is 20.8 Å². The molecule has 1 nitrogen and oxygen atoms in total. The van der Waals surface area contributed by atoms with Gasteiger partial charge in [-0.05, 0) is 67.1 Å². The van der Waals surface area contributed by atoms with Crippen LogP contribution in [0.15, 0.2) is 40.9 Å². The summed E-state index contributed by atoms with van der Waals surface area (Å²) in [6.07, 6.45) is 1.09. The molecule has 2 aromatic carbocycles. The lowest BCUT2D eigenvalue weighted by Crippen LogP contribution is -2.20. The van der Waals surface area contributed by atoms with Gasteiger partial charge in [0.05, 0.1) is 0 Å². The highest BCUT2D eigenvalue weighted by Crippen LogP contribution is 2.21. The van der Waals surface area contributed by atoms with Gasteiger partial charge in [-0.25, -0.2) is 0 Å². The Morgan fingerprint density at radius 1 is 0.952 bits per heavy atom. The number of hydrogen-bond acceptors (Lipinski definition) is 1. The molecule has 0 heterocycles. The van der Waals surface area contributed by atoms with Crippen molar-refractivity contribution in [2.45, 2.75) is 46.7 Å². The predicted molar refractivity (Wildman–Crippen MR) is 94.7 cm³/mol. The van der Waals surface area contributed by atoms with Crippen molar-refractivity contribution < 1.29 is 0 Å². The quantitative estimate of drug-likeness (QED) is 0.741. The van der Waals surface area contributed by atoms with Crippen molar-refractivity contribution in [3.63, 3.8) is 0 Å². The van der Waals surface area contributed by atoms with Gasteiger partial charge in [-0.3, -0.25) is 0 Å². The van der Waals surface area contributed by atoms with Crippen LogP contribution in [0.1, 0.15) is 47.2 Å². The van der Waals surface area contributed by atoms with Gasteiger partial charge in [0.25, 0.3) is 0 Å². The van der Waals surface area contributed by atoms with Crippen LogP contribution in [0.4, 0.5) is 0 Å². The van der Waals surface area contributed by atoms with Crippen LogP contribution in [0.5, 0.6) is 0 Å². The van der Waals surface area contributed by atoms with Gasteiger partial charge in [-0.1, -0.05) is 47.1 Å². The summed E-state index contributed by atoms with van der Waals surface area (Å²) in [4.78, 5) is 0. The number of hydrogen-bond donors (Lipinski definition) is 1. The molecule has 21 heavy (non-hydrogen) atoms. The Kier molecular flexibility index (Phi) is 5.60. The van der Waals surface area contributed by atoms with E-state index >= 15 is 0 Å². The summed E-state index contributed by atoms with van der Waals surface area (Å²) in [7, 11) is 0. The van der Waals surface area contributed by atoms with Crippen molar-refractivity contribution in [3.8, 4) is 0 Å². The van der Waals surface area contributed by atoms with Gasteiger partial charge >= 0.3 is 0 Å². The van der Waals surface area contributed by atoms with Crippen molar-refractivity contribution in [2.75, 3.05) is 0 Å². The summed E-state index contributed by atoms with van der Waals surface area (Å²) in [5, 5.41) is 3.69. The fourth-order valence-corrected chi connectivity index (χ4v) is 2.90. The van der Waals surface area contributed by atoms with E-state index in [9.17, 15) is 0 Å². The number of halogens is 1. The monoisotopic (exact) mass is 345 g/mol. The Bertz CT molecular complexity index is 602. The van der Waals surface area contributed by atoms with Gasteiger partial charge in [-0.2, -0.15) is 0 Å². The molecule has 0 aromatic heterocycles. The summed E-state index contributed by atoms with van der Waals surface area (Å²) in [5.74, 6) is 0. The number of nitrogens with one attached hydrogen (secondary N) is 1. The molecule has 0 bridgehead atoms. The van der Waals surface area contributed by atoms with Crippen molar-refractivity contribution in [1.29, 1.82) is 0 Å². The minimum Gasteiger partial charge on any atom is -0.306 e. The highest BCUT2D eigenvalue weighted by Gasteiger charge is 2.10. The molecule has 2 heteroatoms. The Hall–Kier alpha value is -1.12. The van der Waals surface area contributed by atoms with Crippen LogP contribution in [0.3, 0.4) is 0 Å². The molecule has 2 aromatic rings. The second-order valence-corrected chi connectivity index (χ2v) is 6.67.